The van der Waals surface area contributed by atoms with E-state index in [1.165, 1.54) is 23.9 Å². The van der Waals surface area contributed by atoms with Gasteiger partial charge in [0, 0.05) is 6.66 Å². The number of imidazole rings is 1. The van der Waals surface area contributed by atoms with Gasteiger partial charge in [-0.1, -0.05) is 0 Å². The zero-order valence-corrected chi connectivity index (χ0v) is 13.8. The zero-order chi connectivity index (χ0) is 16.8. The molecule has 1 aliphatic heterocycles. The van der Waals surface area contributed by atoms with Crippen molar-refractivity contribution in [2.45, 2.75) is 24.5 Å². The molecule has 1 fully saturated rings. The van der Waals surface area contributed by atoms with E-state index in [1.54, 1.807) is 0 Å². The van der Waals surface area contributed by atoms with Crippen LogP contribution >= 0.6 is 6.49 Å². The zero-order valence-electron chi connectivity index (χ0n) is 12.1. The molecule has 3 rings (SSSR count). The van der Waals surface area contributed by atoms with Crippen molar-refractivity contribution in [3.63, 3.8) is 0 Å². The predicted octanol–water partition coefficient (Wildman–Crippen LogP) is -1.02. The standard InChI is InChI=1S/C11H16N5O5PS/c1-22(19,23)20-2-5-7(17)8(18)11(21-5)16-4-15-6-9(12)13-3-14-10(6)16/h3-5,7-8,11,17-18H,2H2,1H3,(H,19,23)(H2,12,13,14)/t5-,7-,8-,11-,22?/m1/s1. The van der Waals surface area contributed by atoms with Gasteiger partial charge in [-0.05, 0) is 11.8 Å². The topological polar surface area (TPSA) is 149 Å². The lowest BCUT2D eigenvalue weighted by Crippen LogP contribution is -2.33. The number of aliphatic hydroxyl groups excluding tert-OH is 2. The molecule has 5 atom stereocenters. The van der Waals surface area contributed by atoms with Crippen molar-refractivity contribution in [2.24, 2.45) is 0 Å². The van der Waals surface area contributed by atoms with Crippen LogP contribution < -0.4 is 5.73 Å². The van der Waals surface area contributed by atoms with E-state index < -0.39 is 31.0 Å². The summed E-state index contributed by atoms with van der Waals surface area (Å²) in [5, 5.41) is 20.3. The van der Waals surface area contributed by atoms with Crippen molar-refractivity contribution >= 4 is 35.3 Å². The summed E-state index contributed by atoms with van der Waals surface area (Å²) in [6.45, 7) is -1.63. The van der Waals surface area contributed by atoms with Gasteiger partial charge in [0.1, 0.15) is 30.2 Å². The summed E-state index contributed by atoms with van der Waals surface area (Å²) in [5.74, 6) is 0.202. The quantitative estimate of drug-likeness (QED) is 0.498. The molecule has 5 N–H and O–H groups in total. The van der Waals surface area contributed by atoms with Gasteiger partial charge in [0.25, 0.3) is 0 Å². The molecule has 2 aromatic rings. The first-order valence-corrected chi connectivity index (χ1v) is 9.79. The van der Waals surface area contributed by atoms with E-state index >= 15 is 0 Å². The Morgan fingerprint density at radius 3 is 2.83 bits per heavy atom. The number of fused-ring (bicyclic) bond motifs is 1. The van der Waals surface area contributed by atoms with Crippen LogP contribution in [0, 0.1) is 0 Å². The van der Waals surface area contributed by atoms with Crippen LogP contribution in [0.5, 0.6) is 0 Å². The van der Waals surface area contributed by atoms with Gasteiger partial charge in [-0.25, -0.2) is 15.0 Å². The minimum Gasteiger partial charge on any atom is -0.387 e. The molecule has 2 aromatic heterocycles. The van der Waals surface area contributed by atoms with E-state index in [4.69, 9.17) is 26.8 Å². The molecule has 0 aliphatic carbocycles. The van der Waals surface area contributed by atoms with Gasteiger partial charge in [-0.2, -0.15) is 0 Å². The van der Waals surface area contributed by atoms with E-state index in [2.05, 4.69) is 15.0 Å². The first-order valence-electron chi connectivity index (χ1n) is 6.67. The minimum atomic E-state index is -2.89. The van der Waals surface area contributed by atoms with Crippen LogP contribution in [0.15, 0.2) is 12.7 Å². The summed E-state index contributed by atoms with van der Waals surface area (Å²) < 4.78 is 12.2. The van der Waals surface area contributed by atoms with Crippen LogP contribution in [-0.2, 0) is 21.1 Å². The maximum Gasteiger partial charge on any atom is 0.183 e. The Bertz CT molecular complexity index is 766. The van der Waals surface area contributed by atoms with E-state index in [1.807, 2.05) is 0 Å². The number of anilines is 1. The van der Waals surface area contributed by atoms with Gasteiger partial charge >= 0.3 is 0 Å². The van der Waals surface area contributed by atoms with E-state index in [0.717, 1.165) is 0 Å². The lowest BCUT2D eigenvalue weighted by atomic mass is 10.1. The van der Waals surface area contributed by atoms with Gasteiger partial charge in [0.15, 0.2) is 24.2 Å². The van der Waals surface area contributed by atoms with Gasteiger partial charge in [-0.3, -0.25) is 4.57 Å². The summed E-state index contributed by atoms with van der Waals surface area (Å²) >= 11 is 4.77. The number of nitrogens with two attached hydrogens (primary N) is 1. The third-order valence-electron chi connectivity index (χ3n) is 3.48. The number of nitrogen functional groups attached to an aromatic ring is 1. The molecule has 0 saturated carbocycles. The van der Waals surface area contributed by atoms with Crippen LogP contribution in [-0.4, -0.2) is 66.2 Å². The predicted molar refractivity (Wildman–Crippen MR) is 84.0 cm³/mol. The molecule has 1 unspecified atom stereocenters. The van der Waals surface area contributed by atoms with Crippen molar-refractivity contribution in [1.82, 2.24) is 19.5 Å². The largest absolute Gasteiger partial charge is 0.387 e. The smallest absolute Gasteiger partial charge is 0.183 e. The van der Waals surface area contributed by atoms with Gasteiger partial charge < -0.3 is 30.1 Å². The average Bonchev–Trinajstić information content (AvgIpc) is 3.01. The molecule has 12 heteroatoms. The molecule has 0 radical (unpaired) electrons. The van der Waals surface area contributed by atoms with Crippen molar-refractivity contribution in [3.8, 4) is 0 Å². The fourth-order valence-electron chi connectivity index (χ4n) is 2.36. The Balaban J connectivity index is 1.85. The number of aliphatic hydroxyl groups is 2. The molecule has 1 saturated heterocycles. The van der Waals surface area contributed by atoms with Gasteiger partial charge in [-0.15, -0.1) is 0 Å². The highest BCUT2D eigenvalue weighted by molar-refractivity contribution is 8.09. The number of hydrogen-bond acceptors (Lipinski definition) is 9. The molecule has 0 aromatic carbocycles. The molecule has 126 valence electrons. The second kappa shape index (κ2) is 6.02. The molecule has 23 heavy (non-hydrogen) atoms. The number of nitrogens with zero attached hydrogens (tertiary/aromatic N) is 4. The SMILES string of the molecule is CP(O)(=S)OC[C@H]1O[C@@H](n2cnc3c(N)ncnc32)[C@H](O)[C@@H]1O. The average molecular weight is 361 g/mol. The minimum absolute atomic E-state index is 0.136. The monoisotopic (exact) mass is 361 g/mol. The molecule has 0 spiro atoms. The van der Waals surface area contributed by atoms with E-state index in [9.17, 15) is 15.1 Å². The molecule has 1 aliphatic rings. The number of hydrogen-bond donors (Lipinski definition) is 4. The Morgan fingerprint density at radius 2 is 2.13 bits per heavy atom. The second-order valence-electron chi connectivity index (χ2n) is 5.23. The Kier molecular flexibility index (Phi) is 4.36. The highest BCUT2D eigenvalue weighted by atomic mass is 32.5. The third-order valence-corrected chi connectivity index (χ3v) is 4.42. The van der Waals surface area contributed by atoms with Crippen LogP contribution in [0.25, 0.3) is 11.2 Å². The summed E-state index contributed by atoms with van der Waals surface area (Å²) in [7, 11) is 0. The molecule has 10 nitrogen and oxygen atoms in total. The van der Waals surface area contributed by atoms with E-state index in [0.29, 0.717) is 11.2 Å². The first-order chi connectivity index (χ1) is 10.8. The molecular weight excluding hydrogens is 345 g/mol. The summed E-state index contributed by atoms with van der Waals surface area (Å²) in [5.41, 5.74) is 6.46. The molecule has 0 amide bonds. The number of rotatable bonds is 4. The van der Waals surface area contributed by atoms with Crippen molar-refractivity contribution < 1.29 is 24.4 Å². The summed E-state index contributed by atoms with van der Waals surface area (Å²) in [4.78, 5) is 21.5. The van der Waals surface area contributed by atoms with Crippen LogP contribution in [0.1, 0.15) is 6.23 Å². The Labute approximate surface area is 136 Å². The van der Waals surface area contributed by atoms with Gasteiger partial charge in [0.2, 0.25) is 0 Å². The number of aromatic nitrogens is 4. The highest BCUT2D eigenvalue weighted by Crippen LogP contribution is 2.39. The van der Waals surface area contributed by atoms with Crippen molar-refractivity contribution in [1.29, 1.82) is 0 Å². The fraction of sp³-hybridized carbons (Fsp3) is 0.545. The van der Waals surface area contributed by atoms with Crippen LogP contribution in [0.4, 0.5) is 5.82 Å². The lowest BCUT2D eigenvalue weighted by Gasteiger charge is -2.17. The van der Waals surface area contributed by atoms with E-state index in [-0.39, 0.29) is 12.4 Å². The molecular formula is C11H16N5O5PS. The normalized spacial score (nSPS) is 30.6. The maximum atomic E-state index is 10.2. The summed E-state index contributed by atoms with van der Waals surface area (Å²) in [6, 6.07) is 0. The van der Waals surface area contributed by atoms with Gasteiger partial charge in [0.05, 0.1) is 12.9 Å². The molecule has 3 heterocycles. The third kappa shape index (κ3) is 3.22. The Hall–Kier alpha value is -1.20. The molecule has 0 bridgehead atoms. The van der Waals surface area contributed by atoms with Crippen molar-refractivity contribution in [2.75, 3.05) is 19.0 Å². The number of ether oxygens (including phenoxy) is 1. The second-order valence-corrected chi connectivity index (χ2v) is 9.12. The van der Waals surface area contributed by atoms with Crippen LogP contribution in [0.3, 0.4) is 0 Å². The fourth-order valence-corrected chi connectivity index (χ4v) is 2.97. The first kappa shape index (κ1) is 16.7. The summed E-state index contributed by atoms with van der Waals surface area (Å²) in [6.07, 6.45) is -1.54. The maximum absolute atomic E-state index is 10.2. The van der Waals surface area contributed by atoms with Crippen LogP contribution in [0.2, 0.25) is 0 Å². The highest BCUT2D eigenvalue weighted by Gasteiger charge is 2.44. The Morgan fingerprint density at radius 1 is 1.39 bits per heavy atom. The van der Waals surface area contributed by atoms with Crippen molar-refractivity contribution in [3.05, 3.63) is 12.7 Å². The lowest BCUT2D eigenvalue weighted by molar-refractivity contribution is -0.0472.